The van der Waals surface area contributed by atoms with E-state index in [0.29, 0.717) is 11.3 Å². The van der Waals surface area contributed by atoms with Gasteiger partial charge in [-0.05, 0) is 60.2 Å². The fourth-order valence-electron chi connectivity index (χ4n) is 2.88. The van der Waals surface area contributed by atoms with E-state index < -0.39 is 6.10 Å². The second-order valence-electron chi connectivity index (χ2n) is 6.53. The molecular weight excluding hydrogens is 450 g/mol. The molecule has 5 nitrogen and oxygen atoms in total. The Labute approximate surface area is 180 Å². The number of fused-ring (bicyclic) bond motifs is 1. The molecule has 3 N–H and O–H groups in total. The molecule has 1 aromatic heterocycles. The van der Waals surface area contributed by atoms with Gasteiger partial charge in [0.2, 0.25) is 0 Å². The molecule has 0 aliphatic carbocycles. The topological polar surface area (TPSA) is 78.0 Å². The summed E-state index contributed by atoms with van der Waals surface area (Å²) in [5.74, 6) is 0.372. The first-order valence-corrected chi connectivity index (χ1v) is 10.8. The second-order valence-corrected chi connectivity index (χ2v) is 8.54. The van der Waals surface area contributed by atoms with Gasteiger partial charge < -0.3 is 10.4 Å². The Morgan fingerprint density at radius 1 is 1.10 bits per heavy atom. The van der Waals surface area contributed by atoms with Crippen molar-refractivity contribution in [3.05, 3.63) is 88.5 Å². The van der Waals surface area contributed by atoms with Crippen molar-refractivity contribution in [2.24, 2.45) is 0 Å². The van der Waals surface area contributed by atoms with Crippen molar-refractivity contribution in [1.82, 2.24) is 10.2 Å². The van der Waals surface area contributed by atoms with Crippen LogP contribution in [0.15, 0.2) is 82.3 Å². The number of carbonyl (C=O) groups is 1. The highest BCUT2D eigenvalue weighted by atomic mass is 79.9. The van der Waals surface area contributed by atoms with Gasteiger partial charge in [-0.1, -0.05) is 28.1 Å². The fraction of sp³-hybridized carbons (Fsp3) is 0.0909. The molecule has 0 radical (unpaired) electrons. The summed E-state index contributed by atoms with van der Waals surface area (Å²) < 4.78 is 0.986. The van der Waals surface area contributed by atoms with Gasteiger partial charge in [-0.3, -0.25) is 9.89 Å². The number of aromatic nitrogens is 2. The third-order valence-electron chi connectivity index (χ3n) is 4.48. The van der Waals surface area contributed by atoms with Crippen LogP contribution in [0.2, 0.25) is 0 Å². The van der Waals surface area contributed by atoms with Crippen LogP contribution < -0.4 is 5.32 Å². The number of anilines is 1. The molecule has 1 heterocycles. The number of rotatable bonds is 6. The van der Waals surface area contributed by atoms with Gasteiger partial charge in [0.1, 0.15) is 0 Å². The first kappa shape index (κ1) is 19.7. The van der Waals surface area contributed by atoms with Gasteiger partial charge in [0, 0.05) is 31.8 Å². The number of carbonyl (C=O) groups excluding carboxylic acids is 1. The zero-order valence-electron chi connectivity index (χ0n) is 15.3. The number of amides is 1. The first-order valence-electron chi connectivity index (χ1n) is 8.99. The molecule has 0 saturated heterocycles. The lowest BCUT2D eigenvalue weighted by atomic mass is 10.1. The Morgan fingerprint density at radius 3 is 2.62 bits per heavy atom. The van der Waals surface area contributed by atoms with E-state index in [-0.39, 0.29) is 5.91 Å². The smallest absolute Gasteiger partial charge is 0.255 e. The molecule has 0 aliphatic heterocycles. The molecular formula is C22H18BrN3O2S. The maximum Gasteiger partial charge on any atom is 0.255 e. The molecule has 1 atom stereocenters. The normalized spacial score (nSPS) is 12.1. The van der Waals surface area contributed by atoms with Gasteiger partial charge in [0.25, 0.3) is 5.91 Å². The molecule has 1 unspecified atom stereocenters. The quantitative estimate of drug-likeness (QED) is 0.331. The minimum Gasteiger partial charge on any atom is -0.388 e. The summed E-state index contributed by atoms with van der Waals surface area (Å²) in [5, 5.41) is 21.0. The highest BCUT2D eigenvalue weighted by Crippen LogP contribution is 2.26. The predicted molar refractivity (Wildman–Crippen MR) is 120 cm³/mol. The molecule has 0 bridgehead atoms. The first-order chi connectivity index (χ1) is 14.1. The number of aromatic amines is 1. The van der Waals surface area contributed by atoms with Crippen molar-refractivity contribution in [2.75, 3.05) is 11.1 Å². The Balaban J connectivity index is 1.35. The third-order valence-corrected chi connectivity index (χ3v) is 6.09. The number of aliphatic hydroxyl groups excluding tert-OH is 1. The van der Waals surface area contributed by atoms with Crippen LogP contribution in [-0.4, -0.2) is 27.0 Å². The Kier molecular flexibility index (Phi) is 5.99. The van der Waals surface area contributed by atoms with Crippen molar-refractivity contribution in [2.45, 2.75) is 11.0 Å². The molecule has 0 fully saturated rings. The Hall–Kier alpha value is -2.61. The van der Waals surface area contributed by atoms with Crippen molar-refractivity contribution in [3.8, 4) is 0 Å². The van der Waals surface area contributed by atoms with Gasteiger partial charge in [-0.25, -0.2) is 0 Å². The van der Waals surface area contributed by atoms with E-state index >= 15 is 0 Å². The zero-order valence-corrected chi connectivity index (χ0v) is 17.7. The zero-order chi connectivity index (χ0) is 20.2. The van der Waals surface area contributed by atoms with Crippen molar-refractivity contribution in [3.63, 3.8) is 0 Å². The molecule has 1 amide bonds. The SMILES string of the molecule is O=C(Nc1ccc2[nH]ncc2c1)c1ccc(SCC(O)c2ccc(Br)cc2)cc1. The minimum absolute atomic E-state index is 0.167. The summed E-state index contributed by atoms with van der Waals surface area (Å²) in [4.78, 5) is 13.5. The summed E-state index contributed by atoms with van der Waals surface area (Å²) in [5.41, 5.74) is 3.11. The van der Waals surface area contributed by atoms with Crippen molar-refractivity contribution >= 4 is 50.2 Å². The van der Waals surface area contributed by atoms with E-state index in [4.69, 9.17) is 0 Å². The van der Waals surface area contributed by atoms with E-state index in [2.05, 4.69) is 31.4 Å². The lowest BCUT2D eigenvalue weighted by Gasteiger charge is -2.11. The van der Waals surface area contributed by atoms with E-state index in [9.17, 15) is 9.90 Å². The number of thioether (sulfide) groups is 1. The van der Waals surface area contributed by atoms with Crippen molar-refractivity contribution < 1.29 is 9.90 Å². The third kappa shape index (κ3) is 4.87. The van der Waals surface area contributed by atoms with E-state index in [1.54, 1.807) is 30.1 Å². The Bertz CT molecular complexity index is 1130. The highest BCUT2D eigenvalue weighted by molar-refractivity contribution is 9.10. The Morgan fingerprint density at radius 2 is 1.86 bits per heavy atom. The molecule has 7 heteroatoms. The van der Waals surface area contributed by atoms with Crippen LogP contribution >= 0.6 is 27.7 Å². The number of hydrogen-bond donors (Lipinski definition) is 3. The standard InChI is InChI=1S/C22H18BrN3O2S/c23-17-5-1-14(2-6-17)21(27)13-29-19-8-3-15(4-9-19)22(28)25-18-7-10-20-16(11-18)12-24-26-20/h1-12,21,27H,13H2,(H,24,26)(H,25,28). The molecule has 0 aliphatic rings. The van der Waals surface area contributed by atoms with E-state index in [0.717, 1.165) is 31.5 Å². The van der Waals surface area contributed by atoms with Gasteiger partial charge in [-0.15, -0.1) is 11.8 Å². The van der Waals surface area contributed by atoms with Crippen LogP contribution in [0.5, 0.6) is 0 Å². The molecule has 4 rings (SSSR count). The number of H-pyrrole nitrogens is 1. The van der Waals surface area contributed by atoms with Crippen LogP contribution in [0.25, 0.3) is 10.9 Å². The number of aliphatic hydroxyl groups is 1. The van der Waals surface area contributed by atoms with Gasteiger partial charge in [0.05, 0.1) is 17.8 Å². The predicted octanol–water partition coefficient (Wildman–Crippen LogP) is 5.40. The molecule has 3 aromatic carbocycles. The summed E-state index contributed by atoms with van der Waals surface area (Å²) in [6, 6.07) is 20.6. The number of halogens is 1. The average molecular weight is 468 g/mol. The van der Waals surface area contributed by atoms with Gasteiger partial charge >= 0.3 is 0 Å². The molecule has 0 saturated carbocycles. The highest BCUT2D eigenvalue weighted by Gasteiger charge is 2.10. The van der Waals surface area contributed by atoms with E-state index in [1.165, 1.54) is 0 Å². The summed E-state index contributed by atoms with van der Waals surface area (Å²) >= 11 is 4.94. The maximum atomic E-state index is 12.5. The van der Waals surface area contributed by atoms with Crippen LogP contribution in [0, 0.1) is 0 Å². The average Bonchev–Trinajstić information content (AvgIpc) is 3.21. The maximum absolute atomic E-state index is 12.5. The van der Waals surface area contributed by atoms with Crippen LogP contribution in [0.1, 0.15) is 22.0 Å². The monoisotopic (exact) mass is 467 g/mol. The fourth-order valence-corrected chi connectivity index (χ4v) is 4.02. The minimum atomic E-state index is -0.547. The van der Waals surface area contributed by atoms with Gasteiger partial charge in [0.15, 0.2) is 0 Å². The number of benzene rings is 3. The summed E-state index contributed by atoms with van der Waals surface area (Å²) in [6.07, 6.45) is 1.17. The number of nitrogens with zero attached hydrogens (tertiary/aromatic N) is 1. The lowest BCUT2D eigenvalue weighted by molar-refractivity contribution is 0.102. The van der Waals surface area contributed by atoms with Crippen molar-refractivity contribution in [1.29, 1.82) is 0 Å². The van der Waals surface area contributed by atoms with Crippen LogP contribution in [0.4, 0.5) is 5.69 Å². The molecule has 146 valence electrons. The second kappa shape index (κ2) is 8.82. The summed E-state index contributed by atoms with van der Waals surface area (Å²) in [7, 11) is 0. The van der Waals surface area contributed by atoms with Gasteiger partial charge in [-0.2, -0.15) is 5.10 Å². The largest absolute Gasteiger partial charge is 0.388 e. The molecule has 29 heavy (non-hydrogen) atoms. The lowest BCUT2D eigenvalue weighted by Crippen LogP contribution is -2.11. The number of nitrogens with one attached hydrogen (secondary N) is 2. The molecule has 0 spiro atoms. The molecule has 4 aromatic rings. The van der Waals surface area contributed by atoms with Crippen LogP contribution in [-0.2, 0) is 0 Å². The summed E-state index contributed by atoms with van der Waals surface area (Å²) in [6.45, 7) is 0. The van der Waals surface area contributed by atoms with E-state index in [1.807, 2.05) is 54.6 Å². The number of hydrogen-bond acceptors (Lipinski definition) is 4. The van der Waals surface area contributed by atoms with Crippen LogP contribution in [0.3, 0.4) is 0 Å².